The molecule has 0 saturated carbocycles. The maximum absolute atomic E-state index is 7.99. The lowest BCUT2D eigenvalue weighted by Crippen LogP contribution is -2.30. The molecule has 1 rings (SSSR count). The van der Waals surface area contributed by atoms with Gasteiger partial charge in [-0.25, -0.2) is 0 Å². The van der Waals surface area contributed by atoms with E-state index in [4.69, 9.17) is 16.0 Å². The molecule has 1 fully saturated rings. The Balaban J connectivity index is 2.32. The number of rotatable bonds is 2. The Labute approximate surface area is 58.8 Å². The van der Waals surface area contributed by atoms with E-state index in [1.54, 1.807) is 0 Å². The fraction of sp³-hybridized carbons (Fsp3) is 1.00. The highest BCUT2D eigenvalue weighted by Gasteiger charge is 2.23. The zero-order valence-corrected chi connectivity index (χ0v) is 5.60. The molecule has 1 heterocycles. The lowest BCUT2D eigenvalue weighted by molar-refractivity contribution is 0.185. The highest BCUT2D eigenvalue weighted by Crippen LogP contribution is 2.11. The summed E-state index contributed by atoms with van der Waals surface area (Å²) in [5.74, 6) is 0.218. The monoisotopic (exact) mass is 142 g/mol. The smallest absolute Gasteiger partial charge is 0.0621 e. The van der Waals surface area contributed by atoms with Crippen LogP contribution in [0.25, 0.3) is 10.4 Å². The summed E-state index contributed by atoms with van der Waals surface area (Å²) in [6, 6.07) is 0.0468. The van der Waals surface area contributed by atoms with Crippen LogP contribution in [0, 0.1) is 5.92 Å². The Kier molecular flexibility index (Phi) is 2.50. The molecule has 2 atom stereocenters. The molecule has 10 heavy (non-hydrogen) atoms. The van der Waals surface area contributed by atoms with Crippen LogP contribution in [0.15, 0.2) is 5.11 Å². The Morgan fingerprint density at radius 1 is 1.70 bits per heavy atom. The first-order valence-corrected chi connectivity index (χ1v) is 3.18. The van der Waals surface area contributed by atoms with Crippen molar-refractivity contribution in [3.8, 4) is 0 Å². The number of ether oxygens (including phenoxy) is 1. The van der Waals surface area contributed by atoms with Crippen LogP contribution in [-0.4, -0.2) is 25.8 Å². The minimum atomic E-state index is 0.0468. The molecule has 0 aliphatic carbocycles. The molecule has 1 aliphatic rings. The summed E-state index contributed by atoms with van der Waals surface area (Å²) in [5, 5.41) is 3.42. The average molecular weight is 142 g/mol. The van der Waals surface area contributed by atoms with E-state index in [1.165, 1.54) is 0 Å². The van der Waals surface area contributed by atoms with Crippen molar-refractivity contribution in [1.29, 1.82) is 0 Å². The van der Waals surface area contributed by atoms with Crippen molar-refractivity contribution in [2.75, 3.05) is 19.8 Å². The van der Waals surface area contributed by atoms with Crippen molar-refractivity contribution in [1.82, 2.24) is 0 Å². The van der Waals surface area contributed by atoms with Gasteiger partial charge in [0.15, 0.2) is 0 Å². The van der Waals surface area contributed by atoms with Crippen LogP contribution in [0.5, 0.6) is 0 Å². The lowest BCUT2D eigenvalue weighted by atomic mass is 10.1. The Bertz CT molecular complexity index is 154. The van der Waals surface area contributed by atoms with E-state index in [-0.39, 0.29) is 12.0 Å². The molecule has 0 unspecified atom stereocenters. The van der Waals surface area contributed by atoms with Crippen molar-refractivity contribution in [2.45, 2.75) is 6.04 Å². The van der Waals surface area contributed by atoms with Crippen LogP contribution in [-0.2, 0) is 4.74 Å². The molecule has 0 aromatic heterocycles. The van der Waals surface area contributed by atoms with Crippen molar-refractivity contribution in [3.05, 3.63) is 10.4 Å². The van der Waals surface area contributed by atoms with Gasteiger partial charge in [-0.1, -0.05) is 5.11 Å². The number of hydrogen-bond acceptors (Lipinski definition) is 3. The molecule has 0 aromatic rings. The molecule has 0 amide bonds. The highest BCUT2D eigenvalue weighted by atomic mass is 16.5. The highest BCUT2D eigenvalue weighted by molar-refractivity contribution is 4.79. The molecule has 1 saturated heterocycles. The fourth-order valence-electron chi connectivity index (χ4n) is 0.945. The van der Waals surface area contributed by atoms with Gasteiger partial charge >= 0.3 is 0 Å². The second-order valence-corrected chi connectivity index (χ2v) is 2.37. The standard InChI is InChI=1S/C5H10N4O/c6-5-3-10-2-4(5)1-8-9-7/h4-5H,1-3,6H2/t4-,5-/m1/s1. The van der Waals surface area contributed by atoms with Gasteiger partial charge < -0.3 is 10.5 Å². The summed E-state index contributed by atoms with van der Waals surface area (Å²) in [5.41, 5.74) is 13.6. The van der Waals surface area contributed by atoms with Crippen molar-refractivity contribution in [2.24, 2.45) is 16.8 Å². The molecule has 2 N–H and O–H groups in total. The first-order valence-electron chi connectivity index (χ1n) is 3.18. The Morgan fingerprint density at radius 3 is 3.00 bits per heavy atom. The first kappa shape index (κ1) is 7.34. The molecule has 0 aromatic carbocycles. The zero-order chi connectivity index (χ0) is 7.40. The van der Waals surface area contributed by atoms with Gasteiger partial charge in [0, 0.05) is 23.4 Å². The summed E-state index contributed by atoms with van der Waals surface area (Å²) < 4.78 is 5.06. The van der Waals surface area contributed by atoms with E-state index >= 15 is 0 Å². The second-order valence-electron chi connectivity index (χ2n) is 2.37. The van der Waals surface area contributed by atoms with Crippen molar-refractivity contribution >= 4 is 0 Å². The Morgan fingerprint density at radius 2 is 2.50 bits per heavy atom. The summed E-state index contributed by atoms with van der Waals surface area (Å²) in [4.78, 5) is 2.65. The normalized spacial score (nSPS) is 31.7. The minimum absolute atomic E-state index is 0.0468. The van der Waals surface area contributed by atoms with E-state index in [2.05, 4.69) is 10.0 Å². The third-order valence-electron chi connectivity index (χ3n) is 1.63. The molecule has 56 valence electrons. The number of nitrogens with two attached hydrogens (primary N) is 1. The van der Waals surface area contributed by atoms with Gasteiger partial charge in [0.2, 0.25) is 0 Å². The molecule has 5 nitrogen and oxygen atoms in total. The van der Waals surface area contributed by atoms with Gasteiger partial charge in [0.05, 0.1) is 13.2 Å². The Hall–Kier alpha value is -0.770. The number of azide groups is 1. The largest absolute Gasteiger partial charge is 0.379 e. The van der Waals surface area contributed by atoms with Gasteiger partial charge in [-0.2, -0.15) is 0 Å². The van der Waals surface area contributed by atoms with Crippen molar-refractivity contribution < 1.29 is 4.74 Å². The first-order chi connectivity index (χ1) is 4.84. The van der Waals surface area contributed by atoms with Crippen LogP contribution >= 0.6 is 0 Å². The van der Waals surface area contributed by atoms with Crippen LogP contribution in [0.3, 0.4) is 0 Å². The summed E-state index contributed by atoms with van der Waals surface area (Å²) in [6.45, 7) is 1.67. The van der Waals surface area contributed by atoms with E-state index < -0.39 is 0 Å². The van der Waals surface area contributed by atoms with Crippen LogP contribution in [0.2, 0.25) is 0 Å². The van der Waals surface area contributed by atoms with E-state index in [9.17, 15) is 0 Å². The van der Waals surface area contributed by atoms with Gasteiger partial charge in [-0.3, -0.25) is 0 Å². The van der Waals surface area contributed by atoms with E-state index in [0.29, 0.717) is 19.8 Å². The van der Waals surface area contributed by atoms with Gasteiger partial charge in [-0.05, 0) is 5.53 Å². The molecular formula is C5H10N4O. The van der Waals surface area contributed by atoms with Crippen LogP contribution in [0.4, 0.5) is 0 Å². The van der Waals surface area contributed by atoms with E-state index in [0.717, 1.165) is 0 Å². The predicted octanol–water partition coefficient (Wildman–Crippen LogP) is 0.270. The molecule has 0 spiro atoms. The number of hydrogen-bond donors (Lipinski definition) is 1. The quantitative estimate of drug-likeness (QED) is 0.341. The fourth-order valence-corrected chi connectivity index (χ4v) is 0.945. The average Bonchev–Trinajstić information content (AvgIpc) is 2.31. The van der Waals surface area contributed by atoms with Gasteiger partial charge in [0.25, 0.3) is 0 Å². The summed E-state index contributed by atoms with van der Waals surface area (Å²) in [6.07, 6.45) is 0. The topological polar surface area (TPSA) is 84.0 Å². The van der Waals surface area contributed by atoms with Crippen molar-refractivity contribution in [3.63, 3.8) is 0 Å². The lowest BCUT2D eigenvalue weighted by Gasteiger charge is -2.07. The minimum Gasteiger partial charge on any atom is -0.379 e. The zero-order valence-electron chi connectivity index (χ0n) is 5.60. The molecule has 0 bridgehead atoms. The maximum atomic E-state index is 7.99. The molecule has 5 heteroatoms. The second kappa shape index (κ2) is 3.41. The predicted molar refractivity (Wildman–Crippen MR) is 36.3 cm³/mol. The SMILES string of the molecule is [N-]=[N+]=NC[C@@H]1COC[C@H]1N. The van der Waals surface area contributed by atoms with E-state index in [1.807, 2.05) is 0 Å². The molecule has 0 radical (unpaired) electrons. The summed E-state index contributed by atoms with van der Waals surface area (Å²) in [7, 11) is 0. The maximum Gasteiger partial charge on any atom is 0.0621 e. The summed E-state index contributed by atoms with van der Waals surface area (Å²) >= 11 is 0. The van der Waals surface area contributed by atoms with Crippen LogP contribution in [0.1, 0.15) is 0 Å². The number of nitrogens with zero attached hydrogens (tertiary/aromatic N) is 3. The molecule has 1 aliphatic heterocycles. The van der Waals surface area contributed by atoms with Gasteiger partial charge in [0.1, 0.15) is 0 Å². The van der Waals surface area contributed by atoms with Crippen LogP contribution < -0.4 is 5.73 Å². The van der Waals surface area contributed by atoms with Gasteiger partial charge in [-0.15, -0.1) is 0 Å². The molecular weight excluding hydrogens is 132 g/mol. The third-order valence-corrected chi connectivity index (χ3v) is 1.63. The third kappa shape index (κ3) is 1.60.